The lowest BCUT2D eigenvalue weighted by Gasteiger charge is -2.19. The summed E-state index contributed by atoms with van der Waals surface area (Å²) in [5.41, 5.74) is 1.81. The van der Waals surface area contributed by atoms with Crippen LogP contribution in [0.25, 0.3) is 0 Å². The molecule has 3 rings (SSSR count). The number of halogens is 1. The number of hydrogen-bond acceptors (Lipinski definition) is 3. The van der Waals surface area contributed by atoms with Crippen LogP contribution in [0.5, 0.6) is 0 Å². The van der Waals surface area contributed by atoms with Crippen molar-refractivity contribution < 1.29 is 14.3 Å². The van der Waals surface area contributed by atoms with Crippen LogP contribution < -0.4 is 10.2 Å². The Balaban J connectivity index is 1.71. The normalized spacial score (nSPS) is 15.0. The van der Waals surface area contributed by atoms with Crippen LogP contribution >= 0.6 is 0 Å². The fourth-order valence-corrected chi connectivity index (χ4v) is 2.89. The molecule has 1 saturated carbocycles. The molecule has 0 saturated heterocycles. The Labute approximate surface area is 140 Å². The summed E-state index contributed by atoms with van der Waals surface area (Å²) in [6.45, 7) is 0.638. The first kappa shape index (κ1) is 16.5. The average Bonchev–Trinajstić information content (AvgIpc) is 3.38. The van der Waals surface area contributed by atoms with Gasteiger partial charge in [-0.05, 0) is 54.8 Å². The standard InChI is InChI=1S/C19H21FN2O2/c1-22(11-12-23)17-7-5-16(6-8-17)21-18(24)19(9-10-19)14-3-2-4-15(20)13-14/h2-8,13,23H,9-12H2,1H3,(H,21,24). The highest BCUT2D eigenvalue weighted by Crippen LogP contribution is 2.49. The molecule has 0 heterocycles. The summed E-state index contributed by atoms with van der Waals surface area (Å²) < 4.78 is 13.4. The molecule has 2 N–H and O–H groups in total. The predicted molar refractivity (Wildman–Crippen MR) is 92.7 cm³/mol. The SMILES string of the molecule is CN(CCO)c1ccc(NC(=O)C2(c3cccc(F)c3)CC2)cc1. The fraction of sp³-hybridized carbons (Fsp3) is 0.316. The molecule has 4 nitrogen and oxygen atoms in total. The van der Waals surface area contributed by atoms with Crippen molar-refractivity contribution in [3.8, 4) is 0 Å². The van der Waals surface area contributed by atoms with Crippen molar-refractivity contribution >= 4 is 17.3 Å². The summed E-state index contributed by atoms with van der Waals surface area (Å²) in [5, 5.41) is 11.9. The maximum atomic E-state index is 13.4. The molecule has 0 aliphatic heterocycles. The van der Waals surface area contributed by atoms with Gasteiger partial charge in [-0.15, -0.1) is 0 Å². The second kappa shape index (κ2) is 6.61. The van der Waals surface area contributed by atoms with Crippen LogP contribution in [0, 0.1) is 5.82 Å². The zero-order valence-electron chi connectivity index (χ0n) is 13.6. The van der Waals surface area contributed by atoms with Gasteiger partial charge in [0, 0.05) is 25.0 Å². The van der Waals surface area contributed by atoms with Crippen LogP contribution in [0.2, 0.25) is 0 Å². The molecule has 0 spiro atoms. The van der Waals surface area contributed by atoms with E-state index in [1.54, 1.807) is 6.07 Å². The van der Waals surface area contributed by atoms with Gasteiger partial charge in [-0.2, -0.15) is 0 Å². The summed E-state index contributed by atoms with van der Waals surface area (Å²) in [4.78, 5) is 14.6. The highest BCUT2D eigenvalue weighted by molar-refractivity contribution is 6.01. The third-order valence-electron chi connectivity index (χ3n) is 4.56. The smallest absolute Gasteiger partial charge is 0.235 e. The maximum absolute atomic E-state index is 13.4. The van der Waals surface area contributed by atoms with E-state index in [0.29, 0.717) is 12.2 Å². The minimum atomic E-state index is -0.603. The lowest BCUT2D eigenvalue weighted by molar-refractivity contribution is -0.118. The molecule has 0 unspecified atom stereocenters. The van der Waals surface area contributed by atoms with Gasteiger partial charge in [0.2, 0.25) is 5.91 Å². The number of carbonyl (C=O) groups excluding carboxylic acids is 1. The lowest BCUT2D eigenvalue weighted by atomic mass is 9.95. The highest BCUT2D eigenvalue weighted by atomic mass is 19.1. The Bertz CT molecular complexity index is 726. The molecule has 1 aliphatic carbocycles. The van der Waals surface area contributed by atoms with Crippen molar-refractivity contribution in [2.45, 2.75) is 18.3 Å². The Morgan fingerprint density at radius 2 is 1.96 bits per heavy atom. The molecule has 24 heavy (non-hydrogen) atoms. The first-order valence-electron chi connectivity index (χ1n) is 8.05. The Kier molecular flexibility index (Phi) is 4.53. The van der Waals surface area contributed by atoms with Crippen molar-refractivity contribution in [2.24, 2.45) is 0 Å². The van der Waals surface area contributed by atoms with Crippen molar-refractivity contribution in [1.29, 1.82) is 0 Å². The van der Waals surface area contributed by atoms with Crippen molar-refractivity contribution in [1.82, 2.24) is 0 Å². The second-order valence-electron chi connectivity index (χ2n) is 6.24. The Morgan fingerprint density at radius 3 is 2.54 bits per heavy atom. The highest BCUT2D eigenvalue weighted by Gasteiger charge is 2.51. The first-order valence-corrected chi connectivity index (χ1v) is 8.05. The van der Waals surface area contributed by atoms with Gasteiger partial charge in [0.15, 0.2) is 0 Å². The molecule has 1 fully saturated rings. The zero-order valence-corrected chi connectivity index (χ0v) is 13.6. The minimum absolute atomic E-state index is 0.0884. The molecule has 2 aromatic rings. The van der Waals surface area contributed by atoms with E-state index in [1.807, 2.05) is 42.3 Å². The summed E-state index contributed by atoms with van der Waals surface area (Å²) in [5.74, 6) is -0.410. The molecule has 0 bridgehead atoms. The van der Waals surface area contributed by atoms with Crippen LogP contribution in [0.4, 0.5) is 15.8 Å². The average molecular weight is 328 g/mol. The van der Waals surface area contributed by atoms with Gasteiger partial charge in [0.25, 0.3) is 0 Å². The van der Waals surface area contributed by atoms with Crippen molar-refractivity contribution in [3.63, 3.8) is 0 Å². The third-order valence-corrected chi connectivity index (χ3v) is 4.56. The van der Waals surface area contributed by atoms with Gasteiger partial charge in [0.05, 0.1) is 12.0 Å². The van der Waals surface area contributed by atoms with Crippen LogP contribution in [-0.2, 0) is 10.2 Å². The third kappa shape index (κ3) is 3.26. The monoisotopic (exact) mass is 328 g/mol. The molecular formula is C19H21FN2O2. The number of likely N-dealkylation sites (N-methyl/N-ethyl adjacent to an activating group) is 1. The van der Waals surface area contributed by atoms with E-state index < -0.39 is 5.41 Å². The van der Waals surface area contributed by atoms with Gasteiger partial charge in [0.1, 0.15) is 5.82 Å². The van der Waals surface area contributed by atoms with Gasteiger partial charge in [-0.1, -0.05) is 12.1 Å². The van der Waals surface area contributed by atoms with E-state index >= 15 is 0 Å². The first-order chi connectivity index (χ1) is 11.5. The molecule has 126 valence electrons. The number of anilines is 2. The van der Waals surface area contributed by atoms with Crippen molar-refractivity contribution in [3.05, 3.63) is 59.9 Å². The minimum Gasteiger partial charge on any atom is -0.395 e. The Hall–Kier alpha value is -2.40. The molecule has 1 amide bonds. The fourth-order valence-electron chi connectivity index (χ4n) is 2.89. The van der Waals surface area contributed by atoms with E-state index in [9.17, 15) is 9.18 Å². The second-order valence-corrected chi connectivity index (χ2v) is 6.24. The largest absolute Gasteiger partial charge is 0.395 e. The van der Waals surface area contributed by atoms with E-state index in [1.165, 1.54) is 12.1 Å². The molecule has 0 atom stereocenters. The van der Waals surface area contributed by atoms with E-state index in [-0.39, 0.29) is 18.3 Å². The number of rotatable bonds is 6. The summed E-state index contributed by atoms with van der Waals surface area (Å²) >= 11 is 0. The van der Waals surface area contributed by atoms with Gasteiger partial charge in [-0.25, -0.2) is 4.39 Å². The lowest BCUT2D eigenvalue weighted by Crippen LogP contribution is -2.28. The number of hydrogen-bond donors (Lipinski definition) is 2. The van der Waals surface area contributed by atoms with Crippen LogP contribution in [0.1, 0.15) is 18.4 Å². The number of amides is 1. The summed E-state index contributed by atoms with van der Waals surface area (Å²) in [7, 11) is 1.90. The molecule has 1 aliphatic rings. The summed E-state index contributed by atoms with van der Waals surface area (Å²) in [6, 6.07) is 13.7. The molecule has 0 radical (unpaired) electrons. The predicted octanol–water partition coefficient (Wildman–Crippen LogP) is 2.92. The number of aliphatic hydroxyl groups excluding tert-OH is 1. The number of nitrogens with zero attached hydrogens (tertiary/aromatic N) is 1. The van der Waals surface area contributed by atoms with Crippen LogP contribution in [0.3, 0.4) is 0 Å². The number of benzene rings is 2. The number of carbonyl (C=O) groups is 1. The van der Waals surface area contributed by atoms with Crippen LogP contribution in [0.15, 0.2) is 48.5 Å². The molecule has 5 heteroatoms. The maximum Gasteiger partial charge on any atom is 0.235 e. The Morgan fingerprint density at radius 1 is 1.25 bits per heavy atom. The van der Waals surface area contributed by atoms with Crippen molar-refractivity contribution in [2.75, 3.05) is 30.4 Å². The van der Waals surface area contributed by atoms with E-state index in [0.717, 1.165) is 24.1 Å². The molecular weight excluding hydrogens is 307 g/mol. The number of aliphatic hydroxyl groups is 1. The number of nitrogens with one attached hydrogen (secondary N) is 1. The van der Waals surface area contributed by atoms with E-state index in [2.05, 4.69) is 5.32 Å². The zero-order chi connectivity index (χ0) is 17.2. The molecule has 0 aromatic heterocycles. The van der Waals surface area contributed by atoms with E-state index in [4.69, 9.17) is 5.11 Å². The quantitative estimate of drug-likeness (QED) is 0.857. The molecule has 2 aromatic carbocycles. The summed E-state index contributed by atoms with van der Waals surface area (Å²) in [6.07, 6.45) is 1.47. The van der Waals surface area contributed by atoms with Gasteiger partial charge < -0.3 is 15.3 Å². The van der Waals surface area contributed by atoms with Gasteiger partial charge in [-0.3, -0.25) is 4.79 Å². The topological polar surface area (TPSA) is 52.6 Å². The van der Waals surface area contributed by atoms with Gasteiger partial charge >= 0.3 is 0 Å². The van der Waals surface area contributed by atoms with Crippen LogP contribution in [-0.4, -0.2) is 31.2 Å².